The Hall–Kier alpha value is -4.39. The van der Waals surface area contributed by atoms with E-state index >= 15 is 0 Å². The number of benzene rings is 3. The van der Waals surface area contributed by atoms with Gasteiger partial charge in [-0.2, -0.15) is 0 Å². The average molecular weight is 512 g/mol. The smallest absolute Gasteiger partial charge is 0.404 e. The Balaban J connectivity index is 1.86. The van der Waals surface area contributed by atoms with Crippen molar-refractivity contribution in [2.75, 3.05) is 0 Å². The second-order valence-corrected chi connectivity index (χ2v) is 9.95. The highest BCUT2D eigenvalue weighted by Gasteiger charge is 2.22. The van der Waals surface area contributed by atoms with E-state index in [1.54, 1.807) is 6.07 Å². The fourth-order valence-corrected chi connectivity index (χ4v) is 4.68. The first-order valence-corrected chi connectivity index (χ1v) is 12.6. The lowest BCUT2D eigenvalue weighted by atomic mass is 9.90. The first-order valence-electron chi connectivity index (χ1n) is 12.6. The highest BCUT2D eigenvalue weighted by atomic mass is 16.5. The summed E-state index contributed by atoms with van der Waals surface area (Å²) in [5.74, 6) is 0.147. The number of pyridine rings is 1. The van der Waals surface area contributed by atoms with E-state index in [1.807, 2.05) is 68.4 Å². The summed E-state index contributed by atoms with van der Waals surface area (Å²) in [6, 6.07) is 19.4. The van der Waals surface area contributed by atoms with E-state index in [0.29, 0.717) is 23.7 Å². The number of nitrogens with two attached hydrogens (primary N) is 1. The summed E-state index contributed by atoms with van der Waals surface area (Å²) < 4.78 is 6.28. The third-order valence-electron chi connectivity index (χ3n) is 6.53. The Morgan fingerprint density at radius 2 is 1.66 bits per heavy atom. The quantitative estimate of drug-likeness (QED) is 0.249. The van der Waals surface area contributed by atoms with Crippen molar-refractivity contribution in [3.63, 3.8) is 0 Å². The van der Waals surface area contributed by atoms with E-state index in [0.717, 1.165) is 50.0 Å². The maximum absolute atomic E-state index is 12.3. The number of hydrogen-bond donors (Lipinski definition) is 3. The molecule has 0 spiro atoms. The minimum absolute atomic E-state index is 0.114. The van der Waals surface area contributed by atoms with Crippen LogP contribution >= 0.6 is 0 Å². The number of ether oxygens (including phenoxy) is 1. The lowest BCUT2D eigenvalue weighted by molar-refractivity contribution is 0.0996. The van der Waals surface area contributed by atoms with Crippen LogP contribution in [0.2, 0.25) is 0 Å². The van der Waals surface area contributed by atoms with Crippen LogP contribution in [0.4, 0.5) is 4.79 Å². The number of carboxylic acid groups (broad SMARTS) is 1. The van der Waals surface area contributed by atoms with E-state index in [2.05, 4.69) is 19.2 Å². The molecule has 2 amide bonds. The minimum Gasteiger partial charge on any atom is -0.488 e. The predicted octanol–water partition coefficient (Wildman–Crippen LogP) is 6.16. The maximum Gasteiger partial charge on any atom is 0.404 e. The molecule has 196 valence electrons. The molecule has 1 heterocycles. The van der Waals surface area contributed by atoms with Crippen molar-refractivity contribution in [2.24, 2.45) is 11.7 Å². The summed E-state index contributed by atoms with van der Waals surface area (Å²) in [6.07, 6.45) is -0.399. The molecule has 4 rings (SSSR count). The zero-order valence-electron chi connectivity index (χ0n) is 22.2. The average Bonchev–Trinajstić information content (AvgIpc) is 2.86. The summed E-state index contributed by atoms with van der Waals surface area (Å²) >= 11 is 0. The Labute approximate surface area is 222 Å². The number of aryl methyl sites for hydroxylation is 2. The molecule has 3 aromatic carbocycles. The number of fused-ring (bicyclic) bond motifs is 1. The molecule has 0 atom stereocenters. The van der Waals surface area contributed by atoms with Gasteiger partial charge in [0, 0.05) is 29.1 Å². The molecule has 0 aliphatic heterocycles. The van der Waals surface area contributed by atoms with Gasteiger partial charge in [0.05, 0.1) is 5.56 Å². The van der Waals surface area contributed by atoms with Crippen LogP contribution in [0.3, 0.4) is 0 Å². The Kier molecular flexibility index (Phi) is 7.96. The summed E-state index contributed by atoms with van der Waals surface area (Å²) in [7, 11) is 0. The molecular formula is C31H33N3O4. The highest BCUT2D eigenvalue weighted by molar-refractivity contribution is 6.00. The summed E-state index contributed by atoms with van der Waals surface area (Å²) in [5, 5.41) is 13.8. The van der Waals surface area contributed by atoms with Gasteiger partial charge in [-0.25, -0.2) is 4.79 Å². The van der Waals surface area contributed by atoms with Gasteiger partial charge in [0.1, 0.15) is 12.4 Å². The van der Waals surface area contributed by atoms with Crippen LogP contribution in [0, 0.1) is 19.8 Å². The van der Waals surface area contributed by atoms with E-state index in [1.165, 1.54) is 0 Å². The number of nitrogens with one attached hydrogen (secondary N) is 1. The molecule has 0 aliphatic carbocycles. The molecule has 4 aromatic rings. The van der Waals surface area contributed by atoms with Gasteiger partial charge in [-0.1, -0.05) is 67.9 Å². The monoisotopic (exact) mass is 511 g/mol. The van der Waals surface area contributed by atoms with E-state index in [9.17, 15) is 14.7 Å². The molecule has 0 bridgehead atoms. The normalized spacial score (nSPS) is 11.1. The fourth-order valence-electron chi connectivity index (χ4n) is 4.68. The van der Waals surface area contributed by atoms with Crippen molar-refractivity contribution in [2.45, 2.75) is 47.3 Å². The van der Waals surface area contributed by atoms with Gasteiger partial charge < -0.3 is 20.9 Å². The van der Waals surface area contributed by atoms with Crippen LogP contribution in [-0.4, -0.2) is 22.1 Å². The first-order chi connectivity index (χ1) is 18.1. The number of nitrogens with zero attached hydrogens (tertiary/aromatic N) is 1. The lowest BCUT2D eigenvalue weighted by Crippen LogP contribution is -2.23. The van der Waals surface area contributed by atoms with Crippen molar-refractivity contribution in [1.82, 2.24) is 10.3 Å². The lowest BCUT2D eigenvalue weighted by Gasteiger charge is -2.22. The molecule has 1 aromatic heterocycles. The molecule has 0 fully saturated rings. The summed E-state index contributed by atoms with van der Waals surface area (Å²) in [6.45, 7) is 8.42. The number of aromatic nitrogens is 1. The van der Waals surface area contributed by atoms with Crippen molar-refractivity contribution >= 4 is 22.8 Å². The van der Waals surface area contributed by atoms with Crippen LogP contribution in [-0.2, 0) is 19.6 Å². The van der Waals surface area contributed by atoms with E-state index < -0.39 is 12.0 Å². The Morgan fingerprint density at radius 1 is 1.00 bits per heavy atom. The third-order valence-corrected chi connectivity index (χ3v) is 6.53. The number of primary amides is 1. The maximum atomic E-state index is 12.3. The Morgan fingerprint density at radius 3 is 2.26 bits per heavy atom. The Bertz CT molecular complexity index is 1490. The van der Waals surface area contributed by atoms with Gasteiger partial charge in [0.25, 0.3) is 5.91 Å². The van der Waals surface area contributed by atoms with Crippen LogP contribution in [0.5, 0.6) is 5.75 Å². The SMILES string of the molecule is Cc1ccc(-c2c(COc3cc4ccccc4cc3C(N)=O)c(C)nc(CC(C)C)c2CNC(=O)O)cc1. The van der Waals surface area contributed by atoms with E-state index in [4.69, 9.17) is 15.5 Å². The van der Waals surface area contributed by atoms with Gasteiger partial charge in [-0.05, 0) is 60.2 Å². The van der Waals surface area contributed by atoms with Crippen LogP contribution in [0.25, 0.3) is 21.9 Å². The summed E-state index contributed by atoms with van der Waals surface area (Å²) in [5.41, 5.74) is 12.3. The highest BCUT2D eigenvalue weighted by Crippen LogP contribution is 2.34. The standard InChI is InChI=1S/C31H33N3O4/c1-18(2)13-27-25(16-33-31(36)37)29(21-11-9-19(3)10-12-21)26(20(4)34-27)17-38-28-15-23-8-6-5-7-22(23)14-24(28)30(32)35/h5-12,14-15,18,33H,13,16-17H2,1-4H3,(H2,32,35)(H,36,37). The molecule has 0 saturated carbocycles. The van der Waals surface area contributed by atoms with Gasteiger partial charge >= 0.3 is 6.09 Å². The molecule has 38 heavy (non-hydrogen) atoms. The van der Waals surface area contributed by atoms with Crippen LogP contribution in [0.15, 0.2) is 60.7 Å². The van der Waals surface area contributed by atoms with Gasteiger partial charge in [-0.3, -0.25) is 9.78 Å². The second kappa shape index (κ2) is 11.3. The fraction of sp³-hybridized carbons (Fsp3) is 0.258. The number of rotatable bonds is 9. The molecule has 0 saturated heterocycles. The van der Waals surface area contributed by atoms with Gasteiger partial charge in [0.15, 0.2) is 0 Å². The van der Waals surface area contributed by atoms with E-state index in [-0.39, 0.29) is 13.2 Å². The third kappa shape index (κ3) is 5.94. The number of carbonyl (C=O) groups is 2. The molecule has 0 radical (unpaired) electrons. The molecule has 4 N–H and O–H groups in total. The first kappa shape index (κ1) is 26.7. The largest absolute Gasteiger partial charge is 0.488 e. The molecule has 0 unspecified atom stereocenters. The minimum atomic E-state index is -1.10. The van der Waals surface area contributed by atoms with Crippen LogP contribution in [0.1, 0.15) is 52.3 Å². The number of carbonyl (C=O) groups excluding carboxylic acids is 1. The summed E-state index contributed by atoms with van der Waals surface area (Å²) in [4.78, 5) is 28.7. The van der Waals surface area contributed by atoms with Gasteiger partial charge in [-0.15, -0.1) is 0 Å². The van der Waals surface area contributed by atoms with Crippen molar-refractivity contribution in [3.05, 3.63) is 94.3 Å². The molecule has 7 nitrogen and oxygen atoms in total. The zero-order valence-corrected chi connectivity index (χ0v) is 22.2. The molecule has 7 heteroatoms. The van der Waals surface area contributed by atoms with Crippen LogP contribution < -0.4 is 15.8 Å². The number of amides is 2. The molecular weight excluding hydrogens is 478 g/mol. The molecule has 0 aliphatic rings. The second-order valence-electron chi connectivity index (χ2n) is 9.95. The van der Waals surface area contributed by atoms with Crippen molar-refractivity contribution < 1.29 is 19.4 Å². The topological polar surface area (TPSA) is 115 Å². The van der Waals surface area contributed by atoms with Crippen molar-refractivity contribution in [1.29, 1.82) is 0 Å². The van der Waals surface area contributed by atoms with Crippen molar-refractivity contribution in [3.8, 4) is 16.9 Å². The number of hydrogen-bond acceptors (Lipinski definition) is 4. The predicted molar refractivity (Wildman–Crippen MR) is 149 cm³/mol. The van der Waals surface area contributed by atoms with Gasteiger partial charge in [0.2, 0.25) is 0 Å². The zero-order chi connectivity index (χ0) is 27.4.